The van der Waals surface area contributed by atoms with Crippen molar-refractivity contribution in [3.05, 3.63) is 74.4 Å². The SMILES string of the molecule is C=C(C)C(=O)OC1CC2CC1C1(CCOC1=O)C2.C=C(C)C(=O)OC1CC2CC1C1(COC(=O)C1)C2.C=C(C)C(=O)OC1CC2CC1CC21COC(=O)C1.C=CC(=O)OC1(C)CCOC(=O)C1.C=CC(=O)OC1CCOC1=O.C=CC(=O)OC1COC(=O)C1. The van der Waals surface area contributed by atoms with E-state index in [9.17, 15) is 57.5 Å². The summed E-state index contributed by atoms with van der Waals surface area (Å²) in [5.74, 6) is -1.55. The first-order valence-corrected chi connectivity index (χ1v) is 30.1. The van der Waals surface area contributed by atoms with Gasteiger partial charge in [0.2, 0.25) is 6.10 Å². The minimum atomic E-state index is -0.722. The van der Waals surface area contributed by atoms with E-state index in [2.05, 4.69) is 53.7 Å². The molecule has 6 aliphatic carbocycles. The van der Waals surface area contributed by atoms with Crippen molar-refractivity contribution in [1.82, 2.24) is 0 Å². The minimum absolute atomic E-state index is 0.0144. The second-order valence-electron chi connectivity index (χ2n) is 25.5. The Labute approximate surface area is 516 Å². The molecule has 12 fully saturated rings. The molecule has 0 aromatic heterocycles. The van der Waals surface area contributed by atoms with E-state index in [4.69, 9.17) is 42.6 Å². The van der Waals surface area contributed by atoms with Crippen LogP contribution in [0.3, 0.4) is 0 Å². The van der Waals surface area contributed by atoms with E-state index in [-0.39, 0.29) is 114 Å². The lowest BCUT2D eigenvalue weighted by atomic mass is 9.71. The molecule has 89 heavy (non-hydrogen) atoms. The maximum absolute atomic E-state index is 12.0. The number of ether oxygens (including phenoxy) is 12. The molecule has 12 rings (SSSR count). The molecule has 24 nitrogen and oxygen atoms in total. The number of carbonyl (C=O) groups is 12. The summed E-state index contributed by atoms with van der Waals surface area (Å²) in [4.78, 5) is 134. The van der Waals surface area contributed by atoms with Crippen LogP contribution in [0.2, 0.25) is 0 Å². The Morgan fingerprint density at radius 1 is 0.517 bits per heavy atom. The van der Waals surface area contributed by atoms with Gasteiger partial charge in [0.1, 0.15) is 36.6 Å². The molecule has 15 unspecified atom stereocenters. The van der Waals surface area contributed by atoms with Gasteiger partial charge in [0.25, 0.3) is 0 Å². The Bertz CT molecular complexity index is 2890. The molecule has 15 atom stereocenters. The first kappa shape index (κ1) is 68.6. The summed E-state index contributed by atoms with van der Waals surface area (Å²) in [7, 11) is 0. The molecule has 0 radical (unpaired) electrons. The van der Waals surface area contributed by atoms with Gasteiger partial charge >= 0.3 is 71.6 Å². The fourth-order valence-corrected chi connectivity index (χ4v) is 14.6. The molecule has 3 spiro atoms. The van der Waals surface area contributed by atoms with E-state index in [0.29, 0.717) is 99.1 Å². The van der Waals surface area contributed by atoms with Gasteiger partial charge in [-0.25, -0.2) is 33.6 Å². The highest BCUT2D eigenvalue weighted by Crippen LogP contribution is 2.63. The number of rotatable bonds is 12. The summed E-state index contributed by atoms with van der Waals surface area (Å²) in [5.41, 5.74) is 0.218. The summed E-state index contributed by atoms with van der Waals surface area (Å²) >= 11 is 0. The molecule has 6 saturated heterocycles. The van der Waals surface area contributed by atoms with E-state index in [0.717, 1.165) is 82.4 Å². The van der Waals surface area contributed by atoms with Gasteiger partial charge in [-0.1, -0.05) is 39.5 Å². The summed E-state index contributed by atoms with van der Waals surface area (Å²) in [6.07, 6.45) is 13.7. The molecular formula is C65H82O24. The first-order chi connectivity index (χ1) is 42.0. The maximum Gasteiger partial charge on any atom is 0.347 e. The smallest absolute Gasteiger partial charge is 0.347 e. The van der Waals surface area contributed by atoms with Crippen LogP contribution in [0.1, 0.15) is 130 Å². The van der Waals surface area contributed by atoms with E-state index >= 15 is 0 Å². The minimum Gasteiger partial charge on any atom is -0.465 e. The van der Waals surface area contributed by atoms with Crippen LogP contribution in [0.4, 0.5) is 0 Å². The molecule has 6 heterocycles. The summed E-state index contributed by atoms with van der Waals surface area (Å²) in [6, 6.07) is 0. The third-order valence-corrected chi connectivity index (χ3v) is 18.8. The fourth-order valence-electron chi connectivity index (χ4n) is 14.6. The largest absolute Gasteiger partial charge is 0.465 e. The maximum atomic E-state index is 12.0. The first-order valence-electron chi connectivity index (χ1n) is 30.1. The lowest BCUT2D eigenvalue weighted by Crippen LogP contribution is -2.41. The van der Waals surface area contributed by atoms with Crippen LogP contribution in [0, 0.1) is 51.8 Å². The lowest BCUT2D eigenvalue weighted by Gasteiger charge is -2.35. The molecule has 12 aliphatic rings. The molecule has 6 aliphatic heterocycles. The molecule has 486 valence electrons. The number of esters is 12. The Balaban J connectivity index is 0.000000154. The molecular weight excluding hydrogens is 1160 g/mol. The van der Waals surface area contributed by atoms with Crippen LogP contribution in [-0.4, -0.2) is 147 Å². The second kappa shape index (κ2) is 29.1. The van der Waals surface area contributed by atoms with E-state index in [1.807, 2.05) is 0 Å². The van der Waals surface area contributed by atoms with Crippen molar-refractivity contribution in [3.8, 4) is 0 Å². The van der Waals surface area contributed by atoms with Gasteiger partial charge in [0.15, 0.2) is 0 Å². The quantitative estimate of drug-likeness (QED) is 0.116. The molecule has 0 aromatic rings. The van der Waals surface area contributed by atoms with Crippen LogP contribution in [0.25, 0.3) is 0 Å². The average molecular weight is 1250 g/mol. The normalized spacial score (nSPS) is 34.6. The van der Waals surface area contributed by atoms with Gasteiger partial charge in [-0.2, -0.15) is 0 Å². The van der Waals surface area contributed by atoms with Gasteiger partial charge in [-0.05, 0) is 116 Å². The zero-order chi connectivity index (χ0) is 65.2. The third kappa shape index (κ3) is 16.9. The number of fused-ring (bicyclic) bond motifs is 9. The number of hydrogen-bond donors (Lipinski definition) is 0. The third-order valence-electron chi connectivity index (χ3n) is 18.8. The Hall–Kier alpha value is -7.92. The molecule has 0 N–H and O–H groups in total. The molecule has 24 heteroatoms. The number of hydrogen-bond acceptors (Lipinski definition) is 24. The fraction of sp³-hybridized carbons (Fsp3) is 0.631. The summed E-state index contributed by atoms with van der Waals surface area (Å²) in [6.45, 7) is 29.6. The highest BCUT2D eigenvalue weighted by Gasteiger charge is 2.64. The zero-order valence-electron chi connectivity index (χ0n) is 51.2. The molecule has 6 saturated carbocycles. The molecule has 0 amide bonds. The molecule has 6 bridgehead atoms. The summed E-state index contributed by atoms with van der Waals surface area (Å²) < 4.78 is 60.2. The predicted octanol–water partition coefficient (Wildman–Crippen LogP) is 6.39. The van der Waals surface area contributed by atoms with Gasteiger partial charge in [0, 0.05) is 70.5 Å². The van der Waals surface area contributed by atoms with Gasteiger partial charge in [0.05, 0.1) is 64.1 Å². The van der Waals surface area contributed by atoms with Gasteiger partial charge < -0.3 is 56.8 Å². The van der Waals surface area contributed by atoms with Crippen molar-refractivity contribution in [2.45, 2.75) is 167 Å². The Morgan fingerprint density at radius 2 is 1.06 bits per heavy atom. The summed E-state index contributed by atoms with van der Waals surface area (Å²) in [5, 5.41) is 0. The Kier molecular flexibility index (Phi) is 22.5. The predicted molar refractivity (Wildman–Crippen MR) is 307 cm³/mol. The Morgan fingerprint density at radius 3 is 1.52 bits per heavy atom. The van der Waals surface area contributed by atoms with E-state index in [1.165, 1.54) is 0 Å². The van der Waals surface area contributed by atoms with Crippen molar-refractivity contribution in [2.24, 2.45) is 51.8 Å². The van der Waals surface area contributed by atoms with Crippen molar-refractivity contribution in [1.29, 1.82) is 0 Å². The van der Waals surface area contributed by atoms with Crippen LogP contribution in [0.5, 0.6) is 0 Å². The topological polar surface area (TPSA) is 316 Å². The highest BCUT2D eigenvalue weighted by molar-refractivity contribution is 5.89. The monoisotopic (exact) mass is 1250 g/mol. The highest BCUT2D eigenvalue weighted by atomic mass is 16.6. The molecule has 0 aromatic carbocycles. The van der Waals surface area contributed by atoms with E-state index < -0.39 is 41.7 Å². The van der Waals surface area contributed by atoms with Gasteiger partial charge in [-0.3, -0.25) is 24.0 Å². The van der Waals surface area contributed by atoms with Crippen molar-refractivity contribution >= 4 is 71.6 Å². The van der Waals surface area contributed by atoms with Crippen molar-refractivity contribution in [3.63, 3.8) is 0 Å². The number of cyclic esters (lactones) is 6. The lowest BCUT2D eigenvalue weighted by molar-refractivity contribution is -0.171. The van der Waals surface area contributed by atoms with Crippen molar-refractivity contribution < 1.29 is 114 Å². The van der Waals surface area contributed by atoms with Crippen LogP contribution in [0.15, 0.2) is 74.4 Å². The van der Waals surface area contributed by atoms with Crippen molar-refractivity contribution in [2.75, 3.05) is 39.6 Å². The number of carbonyl (C=O) groups excluding carboxylic acids is 12. The van der Waals surface area contributed by atoms with E-state index in [1.54, 1.807) is 27.7 Å². The van der Waals surface area contributed by atoms with Crippen LogP contribution in [-0.2, 0) is 114 Å². The van der Waals surface area contributed by atoms with Crippen LogP contribution >= 0.6 is 0 Å². The average Bonchev–Trinajstić information content (AvgIpc) is 1.65. The zero-order valence-corrected chi connectivity index (χ0v) is 51.2. The standard InChI is InChI=1S/3C14H18O4.C9H12O4.2C7H8O4/c1-8(2)13(16)18-11-4-10-3-9(11)5-14(10)6-12(15)17-7-14;1-8(2)13(16)18-11-4-9-3-10(11)14(5-9)6-12(15)17-7-14;1-8(2)12(15)18-11-6-9-5-10(11)14(7-9)3-4-17-13(14)16;1-3-7(10)13-9(2)4-5-12-8(11)6-9;1-2-6(8)11-5-3-7(9)10-4-5;1-2-6(8)11-5-3-4-10-7(5)9/h3*9-11H,1,3-7H2,2H3;3H,1,4-6H2,2H3;2*2,5H,1,3-4H2. The van der Waals surface area contributed by atoms with Gasteiger partial charge in [-0.15, -0.1) is 0 Å². The second-order valence-corrected chi connectivity index (χ2v) is 25.5. The van der Waals surface area contributed by atoms with Crippen LogP contribution < -0.4 is 0 Å².